The molecule has 0 atom stereocenters. The van der Waals surface area contributed by atoms with Crippen molar-refractivity contribution in [2.75, 3.05) is 5.73 Å². The molecule has 0 amide bonds. The Hall–Kier alpha value is -1.51. The number of hydrogen-bond donors (Lipinski definition) is 1. The molecule has 0 aliphatic rings. The lowest BCUT2D eigenvalue weighted by atomic mass is 10.1. The normalized spacial score (nSPS) is 10.9. The topological polar surface area (TPSA) is 26.0 Å². The van der Waals surface area contributed by atoms with Crippen molar-refractivity contribution in [1.29, 1.82) is 0 Å². The SMILES string of the molecule is Nc1ccc(Cl)cc1Cc1cc2ccccc2s1. The second kappa shape index (κ2) is 4.63. The molecule has 0 unspecified atom stereocenters. The number of nitrogens with two attached hydrogens (primary N) is 1. The minimum absolute atomic E-state index is 0.736. The van der Waals surface area contributed by atoms with Crippen LogP contribution in [0.4, 0.5) is 5.69 Å². The zero-order chi connectivity index (χ0) is 12.5. The zero-order valence-corrected chi connectivity index (χ0v) is 11.3. The van der Waals surface area contributed by atoms with E-state index in [1.165, 1.54) is 15.0 Å². The number of anilines is 1. The molecule has 1 nitrogen and oxygen atoms in total. The summed E-state index contributed by atoms with van der Waals surface area (Å²) in [5, 5.41) is 2.03. The van der Waals surface area contributed by atoms with Gasteiger partial charge >= 0.3 is 0 Å². The van der Waals surface area contributed by atoms with Crippen LogP contribution in [-0.2, 0) is 6.42 Å². The Labute approximate surface area is 115 Å². The van der Waals surface area contributed by atoms with E-state index in [1.807, 2.05) is 29.5 Å². The summed E-state index contributed by atoms with van der Waals surface area (Å²) < 4.78 is 1.31. The maximum absolute atomic E-state index is 6.01. The van der Waals surface area contributed by atoms with Gasteiger partial charge < -0.3 is 5.73 Å². The molecule has 0 fully saturated rings. The van der Waals surface area contributed by atoms with Crippen molar-refractivity contribution in [2.24, 2.45) is 0 Å². The Morgan fingerprint density at radius 3 is 2.72 bits per heavy atom. The maximum Gasteiger partial charge on any atom is 0.0410 e. The Morgan fingerprint density at radius 2 is 1.89 bits per heavy atom. The summed E-state index contributed by atoms with van der Waals surface area (Å²) in [4.78, 5) is 1.31. The molecule has 0 spiro atoms. The fourth-order valence-corrected chi connectivity index (χ4v) is 3.32. The number of rotatable bonds is 2. The fourth-order valence-electron chi connectivity index (χ4n) is 2.04. The van der Waals surface area contributed by atoms with Crippen LogP contribution in [0.3, 0.4) is 0 Å². The van der Waals surface area contributed by atoms with E-state index in [9.17, 15) is 0 Å². The second-order valence-corrected chi connectivity index (χ2v) is 5.88. The minimum Gasteiger partial charge on any atom is -0.398 e. The van der Waals surface area contributed by atoms with Crippen LogP contribution in [0.2, 0.25) is 5.02 Å². The number of fused-ring (bicyclic) bond motifs is 1. The Bertz CT molecular complexity index is 670. The first-order chi connectivity index (χ1) is 8.72. The zero-order valence-electron chi connectivity index (χ0n) is 9.69. The predicted octanol–water partition coefficient (Wildman–Crippen LogP) is 4.73. The van der Waals surface area contributed by atoms with Crippen LogP contribution in [0.25, 0.3) is 10.1 Å². The van der Waals surface area contributed by atoms with Crippen LogP contribution >= 0.6 is 22.9 Å². The van der Waals surface area contributed by atoms with Crippen molar-refractivity contribution >= 4 is 38.7 Å². The molecule has 0 radical (unpaired) electrons. The van der Waals surface area contributed by atoms with Gasteiger partial charge in [0, 0.05) is 26.7 Å². The third-order valence-electron chi connectivity index (χ3n) is 2.95. The molecule has 0 saturated heterocycles. The van der Waals surface area contributed by atoms with Crippen LogP contribution in [0.5, 0.6) is 0 Å². The molecule has 1 aromatic heterocycles. The third kappa shape index (κ3) is 2.22. The number of hydrogen-bond acceptors (Lipinski definition) is 2. The average Bonchev–Trinajstić information content (AvgIpc) is 2.76. The van der Waals surface area contributed by atoms with Gasteiger partial charge in [-0.15, -0.1) is 11.3 Å². The molecule has 2 N–H and O–H groups in total. The van der Waals surface area contributed by atoms with Gasteiger partial charge in [-0.25, -0.2) is 0 Å². The van der Waals surface area contributed by atoms with E-state index in [2.05, 4.69) is 30.3 Å². The number of halogens is 1. The quantitative estimate of drug-likeness (QED) is 0.671. The first-order valence-corrected chi connectivity index (χ1v) is 6.93. The smallest absolute Gasteiger partial charge is 0.0410 e. The molecule has 1 heterocycles. The average molecular weight is 274 g/mol. The molecule has 0 aliphatic carbocycles. The fraction of sp³-hybridized carbons (Fsp3) is 0.0667. The summed E-state index contributed by atoms with van der Waals surface area (Å²) in [5.41, 5.74) is 7.87. The first-order valence-electron chi connectivity index (χ1n) is 5.74. The molecule has 0 saturated carbocycles. The van der Waals surface area contributed by atoms with E-state index in [0.717, 1.165) is 22.7 Å². The number of thiophene rings is 1. The highest BCUT2D eigenvalue weighted by atomic mass is 35.5. The number of nitrogen functional groups attached to an aromatic ring is 1. The van der Waals surface area contributed by atoms with Gasteiger partial charge in [0.15, 0.2) is 0 Å². The number of benzene rings is 2. The lowest BCUT2D eigenvalue weighted by molar-refractivity contribution is 1.25. The van der Waals surface area contributed by atoms with E-state index < -0.39 is 0 Å². The summed E-state index contributed by atoms with van der Waals surface area (Å²) in [6, 6.07) is 16.3. The molecule has 3 heteroatoms. The van der Waals surface area contributed by atoms with Gasteiger partial charge in [-0.2, -0.15) is 0 Å². The summed E-state index contributed by atoms with van der Waals surface area (Å²) >= 11 is 7.82. The van der Waals surface area contributed by atoms with Crippen molar-refractivity contribution in [3.63, 3.8) is 0 Å². The van der Waals surface area contributed by atoms with E-state index in [0.29, 0.717) is 0 Å². The predicted molar refractivity (Wildman–Crippen MR) is 80.5 cm³/mol. The van der Waals surface area contributed by atoms with E-state index in [4.69, 9.17) is 17.3 Å². The molecule has 3 aromatic rings. The molecular formula is C15H12ClNS. The lowest BCUT2D eigenvalue weighted by Gasteiger charge is -2.04. The third-order valence-corrected chi connectivity index (χ3v) is 4.30. The molecule has 0 bridgehead atoms. The molecule has 90 valence electrons. The standard InChI is InChI=1S/C15H12ClNS/c16-12-5-6-14(17)11(7-12)9-13-8-10-3-1-2-4-15(10)18-13/h1-8H,9,17H2. The van der Waals surface area contributed by atoms with Crippen molar-refractivity contribution in [3.05, 3.63) is 64.0 Å². The van der Waals surface area contributed by atoms with Crippen LogP contribution in [0.15, 0.2) is 48.5 Å². The molecule has 0 aliphatic heterocycles. The van der Waals surface area contributed by atoms with Crippen LogP contribution < -0.4 is 5.73 Å². The van der Waals surface area contributed by atoms with Gasteiger partial charge in [0.1, 0.15) is 0 Å². The van der Waals surface area contributed by atoms with Gasteiger partial charge in [-0.3, -0.25) is 0 Å². The highest BCUT2D eigenvalue weighted by molar-refractivity contribution is 7.19. The Kier molecular flexibility index (Phi) is 2.98. The van der Waals surface area contributed by atoms with E-state index >= 15 is 0 Å². The molecule has 3 rings (SSSR count). The van der Waals surface area contributed by atoms with Crippen molar-refractivity contribution in [3.8, 4) is 0 Å². The molecule has 18 heavy (non-hydrogen) atoms. The molecule has 2 aromatic carbocycles. The first kappa shape index (κ1) is 11.6. The van der Waals surface area contributed by atoms with Gasteiger partial charge in [-0.05, 0) is 41.3 Å². The highest BCUT2D eigenvalue weighted by Crippen LogP contribution is 2.29. The summed E-state index contributed by atoms with van der Waals surface area (Å²) in [6.07, 6.45) is 0.839. The van der Waals surface area contributed by atoms with E-state index in [-0.39, 0.29) is 0 Å². The summed E-state index contributed by atoms with van der Waals surface area (Å²) in [7, 11) is 0. The highest BCUT2D eigenvalue weighted by Gasteiger charge is 2.05. The van der Waals surface area contributed by atoms with Crippen molar-refractivity contribution < 1.29 is 0 Å². The van der Waals surface area contributed by atoms with Crippen molar-refractivity contribution in [1.82, 2.24) is 0 Å². The minimum atomic E-state index is 0.736. The lowest BCUT2D eigenvalue weighted by Crippen LogP contribution is -1.94. The van der Waals surface area contributed by atoms with Crippen LogP contribution in [-0.4, -0.2) is 0 Å². The Balaban J connectivity index is 1.98. The van der Waals surface area contributed by atoms with Gasteiger partial charge in [-0.1, -0.05) is 29.8 Å². The largest absolute Gasteiger partial charge is 0.398 e. The van der Waals surface area contributed by atoms with Crippen LogP contribution in [0, 0.1) is 0 Å². The van der Waals surface area contributed by atoms with Gasteiger partial charge in [0.2, 0.25) is 0 Å². The molecular weight excluding hydrogens is 262 g/mol. The van der Waals surface area contributed by atoms with Crippen molar-refractivity contribution in [2.45, 2.75) is 6.42 Å². The van der Waals surface area contributed by atoms with E-state index in [1.54, 1.807) is 0 Å². The second-order valence-electron chi connectivity index (χ2n) is 4.27. The monoisotopic (exact) mass is 273 g/mol. The summed E-state index contributed by atoms with van der Waals surface area (Å²) in [5.74, 6) is 0. The van der Waals surface area contributed by atoms with Gasteiger partial charge in [0.25, 0.3) is 0 Å². The van der Waals surface area contributed by atoms with Gasteiger partial charge in [0.05, 0.1) is 0 Å². The van der Waals surface area contributed by atoms with Crippen LogP contribution in [0.1, 0.15) is 10.4 Å². The Morgan fingerprint density at radius 1 is 1.06 bits per heavy atom. The maximum atomic E-state index is 6.01. The summed E-state index contributed by atoms with van der Waals surface area (Å²) in [6.45, 7) is 0.